The topological polar surface area (TPSA) is 88.7 Å². The highest BCUT2D eigenvalue weighted by Gasteiger charge is 2.29. The molecule has 0 saturated carbocycles. The van der Waals surface area contributed by atoms with E-state index in [2.05, 4.69) is 9.72 Å². The molecule has 0 amide bonds. The highest BCUT2D eigenvalue weighted by atomic mass is 19.4. The third kappa shape index (κ3) is 4.72. The van der Waals surface area contributed by atoms with E-state index in [4.69, 9.17) is 10.8 Å². The average Bonchev–Trinajstić information content (AvgIpc) is 2.51. The molecular formula is C16H18F3N3O3. The largest absolute Gasteiger partial charge is 0.478 e. The SMILES string of the molecule is CC1=CC(C(=O)O)=CC(N)N1C(C)c1ccc(OCC(F)(F)F)nc1. The van der Waals surface area contributed by atoms with Crippen molar-refractivity contribution in [2.75, 3.05) is 6.61 Å². The second-order valence-corrected chi connectivity index (χ2v) is 5.62. The number of allylic oxidation sites excluding steroid dienone is 1. The van der Waals surface area contributed by atoms with E-state index in [9.17, 15) is 18.0 Å². The van der Waals surface area contributed by atoms with E-state index in [0.717, 1.165) is 0 Å². The molecule has 25 heavy (non-hydrogen) atoms. The molecule has 2 atom stereocenters. The third-order valence-corrected chi connectivity index (χ3v) is 3.73. The van der Waals surface area contributed by atoms with Crippen molar-refractivity contribution in [3.63, 3.8) is 0 Å². The van der Waals surface area contributed by atoms with Gasteiger partial charge in [-0.25, -0.2) is 9.78 Å². The molecule has 2 unspecified atom stereocenters. The molecular weight excluding hydrogens is 339 g/mol. The summed E-state index contributed by atoms with van der Waals surface area (Å²) in [5.41, 5.74) is 7.52. The van der Waals surface area contributed by atoms with Crippen molar-refractivity contribution in [3.8, 4) is 5.88 Å². The van der Waals surface area contributed by atoms with Crippen LogP contribution in [0.1, 0.15) is 25.5 Å². The number of pyridine rings is 1. The van der Waals surface area contributed by atoms with E-state index in [0.29, 0.717) is 11.3 Å². The summed E-state index contributed by atoms with van der Waals surface area (Å²) >= 11 is 0. The summed E-state index contributed by atoms with van der Waals surface area (Å²) in [5.74, 6) is -1.19. The molecule has 0 radical (unpaired) electrons. The number of nitrogens with zero attached hydrogens (tertiary/aromatic N) is 2. The number of aliphatic carboxylic acids is 1. The minimum Gasteiger partial charge on any atom is -0.478 e. The second kappa shape index (κ2) is 7.14. The first-order chi connectivity index (χ1) is 11.6. The van der Waals surface area contributed by atoms with Crippen molar-refractivity contribution in [1.82, 2.24) is 9.88 Å². The van der Waals surface area contributed by atoms with Crippen molar-refractivity contribution in [3.05, 3.63) is 47.3 Å². The molecule has 0 aromatic carbocycles. The van der Waals surface area contributed by atoms with Crippen molar-refractivity contribution in [2.24, 2.45) is 5.73 Å². The van der Waals surface area contributed by atoms with Crippen LogP contribution in [0.15, 0.2) is 41.8 Å². The van der Waals surface area contributed by atoms with Crippen molar-refractivity contribution in [2.45, 2.75) is 32.2 Å². The lowest BCUT2D eigenvalue weighted by Crippen LogP contribution is -2.43. The maximum Gasteiger partial charge on any atom is 0.422 e. The summed E-state index contributed by atoms with van der Waals surface area (Å²) in [6, 6.07) is 2.69. The van der Waals surface area contributed by atoms with E-state index < -0.39 is 24.9 Å². The lowest BCUT2D eigenvalue weighted by atomic mass is 10.0. The van der Waals surface area contributed by atoms with Gasteiger partial charge >= 0.3 is 12.1 Å². The van der Waals surface area contributed by atoms with Crippen LogP contribution in [-0.4, -0.2) is 39.9 Å². The zero-order valence-electron chi connectivity index (χ0n) is 13.6. The second-order valence-electron chi connectivity index (χ2n) is 5.62. The summed E-state index contributed by atoms with van der Waals surface area (Å²) in [7, 11) is 0. The van der Waals surface area contributed by atoms with Crippen LogP contribution in [0.2, 0.25) is 0 Å². The number of hydrogen-bond acceptors (Lipinski definition) is 5. The van der Waals surface area contributed by atoms with Gasteiger partial charge in [0, 0.05) is 18.0 Å². The molecule has 0 fully saturated rings. The van der Waals surface area contributed by atoms with E-state index >= 15 is 0 Å². The Hall–Kier alpha value is -2.55. The number of carbonyl (C=O) groups is 1. The van der Waals surface area contributed by atoms with Gasteiger partial charge in [-0.2, -0.15) is 13.2 Å². The molecule has 2 rings (SSSR count). The summed E-state index contributed by atoms with van der Waals surface area (Å²) < 4.78 is 41.0. The number of carboxylic acids is 1. The Balaban J connectivity index is 2.12. The van der Waals surface area contributed by atoms with Crippen molar-refractivity contribution in [1.29, 1.82) is 0 Å². The highest BCUT2D eigenvalue weighted by molar-refractivity contribution is 5.90. The van der Waals surface area contributed by atoms with Crippen LogP contribution in [0, 0.1) is 0 Å². The quantitative estimate of drug-likeness (QED) is 0.842. The van der Waals surface area contributed by atoms with E-state index in [-0.39, 0.29) is 17.5 Å². The molecule has 2 heterocycles. The first-order valence-corrected chi connectivity index (χ1v) is 7.41. The average molecular weight is 357 g/mol. The van der Waals surface area contributed by atoms with Crippen LogP contribution >= 0.6 is 0 Å². The third-order valence-electron chi connectivity index (χ3n) is 3.73. The normalized spacial score (nSPS) is 19.1. The lowest BCUT2D eigenvalue weighted by molar-refractivity contribution is -0.154. The highest BCUT2D eigenvalue weighted by Crippen LogP contribution is 2.30. The van der Waals surface area contributed by atoms with Crippen LogP contribution in [0.25, 0.3) is 0 Å². The van der Waals surface area contributed by atoms with Crippen molar-refractivity contribution >= 4 is 5.97 Å². The van der Waals surface area contributed by atoms with E-state index in [1.54, 1.807) is 17.9 Å². The Morgan fingerprint density at radius 2 is 2.16 bits per heavy atom. The Labute approximate surface area is 142 Å². The Bertz CT molecular complexity index is 699. The molecule has 0 saturated heterocycles. The van der Waals surface area contributed by atoms with Gasteiger partial charge in [-0.15, -0.1) is 0 Å². The standard InChI is InChI=1S/C16H18F3N3O3/c1-9-5-12(15(23)24)6-13(20)22(9)10(2)11-3-4-14(21-7-11)25-8-16(17,18)19/h3-7,10,13H,8,20H2,1-2H3,(H,23,24). The van der Waals surface area contributed by atoms with Gasteiger partial charge in [0.1, 0.15) is 0 Å². The van der Waals surface area contributed by atoms with Gasteiger partial charge in [0.25, 0.3) is 0 Å². The molecule has 1 aromatic heterocycles. The van der Waals surface area contributed by atoms with E-state index in [1.807, 2.05) is 6.92 Å². The van der Waals surface area contributed by atoms with Crippen LogP contribution in [0.3, 0.4) is 0 Å². The predicted molar refractivity (Wildman–Crippen MR) is 83.5 cm³/mol. The molecule has 1 aromatic rings. The molecule has 0 bridgehead atoms. The van der Waals surface area contributed by atoms with Crippen molar-refractivity contribution < 1.29 is 27.8 Å². The molecule has 6 nitrogen and oxygen atoms in total. The maximum atomic E-state index is 12.1. The maximum absolute atomic E-state index is 12.1. The molecule has 0 spiro atoms. The minimum atomic E-state index is -4.43. The molecule has 3 N–H and O–H groups in total. The van der Waals surface area contributed by atoms with Gasteiger partial charge in [0.2, 0.25) is 5.88 Å². The Morgan fingerprint density at radius 3 is 2.64 bits per heavy atom. The fourth-order valence-corrected chi connectivity index (χ4v) is 2.58. The molecule has 0 aliphatic carbocycles. The number of carboxylic acid groups (broad SMARTS) is 1. The number of ether oxygens (including phenoxy) is 1. The number of alkyl halides is 3. The summed E-state index contributed by atoms with van der Waals surface area (Å²) in [5, 5.41) is 9.06. The van der Waals surface area contributed by atoms with Crippen LogP contribution in [0.4, 0.5) is 13.2 Å². The van der Waals surface area contributed by atoms with Crippen LogP contribution < -0.4 is 10.5 Å². The zero-order chi connectivity index (χ0) is 18.8. The summed E-state index contributed by atoms with van der Waals surface area (Å²) in [4.78, 5) is 16.7. The Kier molecular flexibility index (Phi) is 5.36. The first-order valence-electron chi connectivity index (χ1n) is 7.41. The number of halogens is 3. The van der Waals surface area contributed by atoms with Crippen LogP contribution in [0.5, 0.6) is 5.88 Å². The summed E-state index contributed by atoms with van der Waals surface area (Å²) in [6.45, 7) is 2.17. The monoisotopic (exact) mass is 357 g/mol. The fourth-order valence-electron chi connectivity index (χ4n) is 2.58. The smallest absolute Gasteiger partial charge is 0.422 e. The van der Waals surface area contributed by atoms with Gasteiger partial charge in [0.05, 0.1) is 17.8 Å². The summed E-state index contributed by atoms with van der Waals surface area (Å²) in [6.07, 6.45) is -0.722. The minimum absolute atomic E-state index is 0.113. The van der Waals surface area contributed by atoms with Gasteiger partial charge in [-0.05, 0) is 31.6 Å². The molecule has 136 valence electrons. The Morgan fingerprint density at radius 1 is 1.48 bits per heavy atom. The molecule has 1 aliphatic rings. The van der Waals surface area contributed by atoms with Crippen LogP contribution in [-0.2, 0) is 4.79 Å². The number of rotatable bonds is 5. The van der Waals surface area contributed by atoms with Gasteiger partial charge in [-0.1, -0.05) is 6.07 Å². The first kappa shape index (κ1) is 18.8. The predicted octanol–water partition coefficient (Wildman–Crippen LogP) is 2.60. The number of aromatic nitrogens is 1. The van der Waals surface area contributed by atoms with Gasteiger partial charge in [0.15, 0.2) is 6.61 Å². The number of hydrogen-bond donors (Lipinski definition) is 2. The molecule has 9 heteroatoms. The van der Waals surface area contributed by atoms with Gasteiger partial charge < -0.3 is 20.5 Å². The molecule has 1 aliphatic heterocycles. The van der Waals surface area contributed by atoms with Gasteiger partial charge in [-0.3, -0.25) is 0 Å². The number of nitrogens with two attached hydrogens (primary N) is 1. The van der Waals surface area contributed by atoms with E-state index in [1.165, 1.54) is 24.4 Å². The zero-order valence-corrected chi connectivity index (χ0v) is 13.6. The lowest BCUT2D eigenvalue weighted by Gasteiger charge is -2.38. The fraction of sp³-hybridized carbons (Fsp3) is 0.375.